The lowest BCUT2D eigenvalue weighted by molar-refractivity contribution is 0.342. The summed E-state index contributed by atoms with van der Waals surface area (Å²) in [5.41, 5.74) is -0.0450. The predicted octanol–water partition coefficient (Wildman–Crippen LogP) is 1.55. The van der Waals surface area contributed by atoms with E-state index in [9.17, 15) is 0 Å². The van der Waals surface area contributed by atoms with Crippen LogP contribution in [0.4, 0.5) is 0 Å². The smallest absolute Gasteiger partial charge is 0.229 e. The summed E-state index contributed by atoms with van der Waals surface area (Å²) in [5, 5.41) is 7.52. The zero-order valence-corrected chi connectivity index (χ0v) is 8.42. The highest BCUT2D eigenvalue weighted by atomic mass is 16.5. The van der Waals surface area contributed by atoms with Gasteiger partial charge in [0.05, 0.1) is 5.54 Å². The Morgan fingerprint density at radius 3 is 3.00 bits per heavy atom. The third-order valence-electron chi connectivity index (χ3n) is 3.23. The van der Waals surface area contributed by atoms with Crippen LogP contribution in [0, 0.1) is 0 Å². The van der Waals surface area contributed by atoms with Crippen molar-refractivity contribution >= 4 is 0 Å². The maximum absolute atomic E-state index is 5.27. The summed E-state index contributed by atoms with van der Waals surface area (Å²) in [6.07, 6.45) is 4.73. The molecular weight excluding hydrogens is 178 g/mol. The molecular formula is C10H15N3O. The average Bonchev–Trinajstić information content (AvgIpc) is 2.75. The fraction of sp³-hybridized carbons (Fsp3) is 0.800. The molecule has 0 amide bonds. The second-order valence-electron chi connectivity index (χ2n) is 4.59. The van der Waals surface area contributed by atoms with Crippen LogP contribution in [0.2, 0.25) is 0 Å². The zero-order valence-electron chi connectivity index (χ0n) is 8.42. The lowest BCUT2D eigenvalue weighted by Crippen LogP contribution is -2.34. The summed E-state index contributed by atoms with van der Waals surface area (Å²) in [6, 6.07) is 0. The molecule has 0 spiro atoms. The molecule has 3 rings (SSSR count). The molecule has 4 heteroatoms. The van der Waals surface area contributed by atoms with Crippen molar-refractivity contribution in [3.8, 4) is 0 Å². The molecule has 1 aliphatic carbocycles. The van der Waals surface area contributed by atoms with Gasteiger partial charge in [0.15, 0.2) is 5.82 Å². The van der Waals surface area contributed by atoms with Crippen LogP contribution in [0.3, 0.4) is 0 Å². The lowest BCUT2D eigenvalue weighted by Gasteiger charge is -2.18. The second kappa shape index (κ2) is 2.79. The van der Waals surface area contributed by atoms with Gasteiger partial charge in [0.1, 0.15) is 0 Å². The Morgan fingerprint density at radius 2 is 2.36 bits per heavy atom. The summed E-state index contributed by atoms with van der Waals surface area (Å²) in [7, 11) is 0. The Hall–Kier alpha value is -0.900. The van der Waals surface area contributed by atoms with E-state index in [1.54, 1.807) is 0 Å². The van der Waals surface area contributed by atoms with Gasteiger partial charge in [-0.3, -0.25) is 0 Å². The van der Waals surface area contributed by atoms with Gasteiger partial charge in [-0.25, -0.2) is 0 Å². The number of nitrogens with zero attached hydrogens (tertiary/aromatic N) is 2. The topological polar surface area (TPSA) is 51.0 Å². The SMILES string of the molecule is CC1(c2noc(C3CC3)n2)CCCN1. The molecule has 2 heterocycles. The van der Waals surface area contributed by atoms with Gasteiger partial charge < -0.3 is 9.84 Å². The minimum atomic E-state index is -0.0450. The van der Waals surface area contributed by atoms with Crippen molar-refractivity contribution in [2.75, 3.05) is 6.54 Å². The van der Waals surface area contributed by atoms with E-state index in [0.717, 1.165) is 24.7 Å². The minimum Gasteiger partial charge on any atom is -0.339 e. The van der Waals surface area contributed by atoms with E-state index in [1.807, 2.05) is 0 Å². The van der Waals surface area contributed by atoms with Gasteiger partial charge in [0, 0.05) is 5.92 Å². The van der Waals surface area contributed by atoms with E-state index in [4.69, 9.17) is 4.52 Å². The van der Waals surface area contributed by atoms with Gasteiger partial charge in [0.2, 0.25) is 5.89 Å². The molecule has 1 aliphatic heterocycles. The van der Waals surface area contributed by atoms with Gasteiger partial charge in [-0.15, -0.1) is 0 Å². The van der Waals surface area contributed by atoms with E-state index in [-0.39, 0.29) is 5.54 Å². The first-order chi connectivity index (χ1) is 6.78. The van der Waals surface area contributed by atoms with E-state index < -0.39 is 0 Å². The van der Waals surface area contributed by atoms with Crippen molar-refractivity contribution in [3.05, 3.63) is 11.7 Å². The molecule has 2 aliphatic rings. The lowest BCUT2D eigenvalue weighted by atomic mass is 10.00. The van der Waals surface area contributed by atoms with Gasteiger partial charge in [0.25, 0.3) is 0 Å². The largest absolute Gasteiger partial charge is 0.339 e. The molecule has 2 fully saturated rings. The number of hydrogen-bond donors (Lipinski definition) is 1. The molecule has 4 nitrogen and oxygen atoms in total. The summed E-state index contributed by atoms with van der Waals surface area (Å²) in [5.74, 6) is 2.24. The summed E-state index contributed by atoms with van der Waals surface area (Å²) in [4.78, 5) is 4.49. The van der Waals surface area contributed by atoms with Crippen LogP contribution in [0.25, 0.3) is 0 Å². The Labute approximate surface area is 83.1 Å². The van der Waals surface area contributed by atoms with Crippen molar-refractivity contribution in [1.29, 1.82) is 0 Å². The maximum atomic E-state index is 5.27. The highest BCUT2D eigenvalue weighted by molar-refractivity contribution is 5.09. The number of rotatable bonds is 2. The zero-order chi connectivity index (χ0) is 9.60. The second-order valence-corrected chi connectivity index (χ2v) is 4.59. The van der Waals surface area contributed by atoms with E-state index in [2.05, 4.69) is 22.4 Å². The fourth-order valence-corrected chi connectivity index (χ4v) is 2.04. The van der Waals surface area contributed by atoms with E-state index in [0.29, 0.717) is 5.92 Å². The molecule has 1 aromatic rings. The van der Waals surface area contributed by atoms with Gasteiger partial charge >= 0.3 is 0 Å². The molecule has 1 aromatic heterocycles. The van der Waals surface area contributed by atoms with Gasteiger partial charge in [-0.05, 0) is 39.2 Å². The summed E-state index contributed by atoms with van der Waals surface area (Å²) in [6.45, 7) is 3.21. The third kappa shape index (κ3) is 1.25. The molecule has 1 saturated carbocycles. The molecule has 76 valence electrons. The van der Waals surface area contributed by atoms with Crippen molar-refractivity contribution in [3.63, 3.8) is 0 Å². The standard InChI is InChI=1S/C10H15N3O/c1-10(5-2-6-11-10)9-12-8(14-13-9)7-3-4-7/h7,11H,2-6H2,1H3. The quantitative estimate of drug-likeness (QED) is 0.774. The van der Waals surface area contributed by atoms with Crippen LogP contribution in [0.5, 0.6) is 0 Å². The third-order valence-corrected chi connectivity index (χ3v) is 3.23. The van der Waals surface area contributed by atoms with E-state index >= 15 is 0 Å². The van der Waals surface area contributed by atoms with E-state index in [1.165, 1.54) is 19.3 Å². The minimum absolute atomic E-state index is 0.0450. The highest BCUT2D eigenvalue weighted by Crippen LogP contribution is 2.40. The van der Waals surface area contributed by atoms with Crippen molar-refractivity contribution in [2.24, 2.45) is 0 Å². The van der Waals surface area contributed by atoms with Crippen LogP contribution in [0.15, 0.2) is 4.52 Å². The summed E-state index contributed by atoms with van der Waals surface area (Å²) >= 11 is 0. The Balaban J connectivity index is 1.87. The molecule has 1 unspecified atom stereocenters. The van der Waals surface area contributed by atoms with Crippen LogP contribution < -0.4 is 5.32 Å². The predicted molar refractivity (Wildman–Crippen MR) is 50.9 cm³/mol. The Bertz CT molecular complexity index is 337. The highest BCUT2D eigenvalue weighted by Gasteiger charge is 2.37. The van der Waals surface area contributed by atoms with Crippen LogP contribution in [-0.2, 0) is 5.54 Å². The van der Waals surface area contributed by atoms with Gasteiger partial charge in [-0.2, -0.15) is 4.98 Å². The van der Waals surface area contributed by atoms with Crippen molar-refractivity contribution in [2.45, 2.75) is 44.1 Å². The normalized spacial score (nSPS) is 32.4. The van der Waals surface area contributed by atoms with Crippen molar-refractivity contribution < 1.29 is 4.52 Å². The molecule has 0 aromatic carbocycles. The van der Waals surface area contributed by atoms with Crippen LogP contribution >= 0.6 is 0 Å². The molecule has 1 N–H and O–H groups in total. The summed E-state index contributed by atoms with van der Waals surface area (Å²) < 4.78 is 5.27. The van der Waals surface area contributed by atoms with Crippen molar-refractivity contribution in [1.82, 2.24) is 15.5 Å². The first kappa shape index (κ1) is 8.41. The molecule has 1 saturated heterocycles. The number of nitrogens with one attached hydrogen (secondary N) is 1. The van der Waals surface area contributed by atoms with Gasteiger partial charge in [-0.1, -0.05) is 5.16 Å². The first-order valence-corrected chi connectivity index (χ1v) is 5.37. The molecule has 1 atom stereocenters. The van der Waals surface area contributed by atoms with Crippen LogP contribution in [0.1, 0.15) is 50.2 Å². The number of hydrogen-bond acceptors (Lipinski definition) is 4. The Morgan fingerprint density at radius 1 is 1.50 bits per heavy atom. The molecule has 14 heavy (non-hydrogen) atoms. The number of aromatic nitrogens is 2. The Kier molecular flexibility index (Phi) is 1.68. The monoisotopic (exact) mass is 193 g/mol. The fourth-order valence-electron chi connectivity index (χ4n) is 2.04. The first-order valence-electron chi connectivity index (χ1n) is 5.37. The molecule has 0 bridgehead atoms. The van der Waals surface area contributed by atoms with Crippen LogP contribution in [-0.4, -0.2) is 16.7 Å². The molecule has 0 radical (unpaired) electrons. The average molecular weight is 193 g/mol. The maximum Gasteiger partial charge on any atom is 0.229 e.